The van der Waals surface area contributed by atoms with Crippen molar-refractivity contribution in [2.24, 2.45) is 0 Å². The van der Waals surface area contributed by atoms with E-state index in [1.54, 1.807) is 24.3 Å². The third kappa shape index (κ3) is 4.44. The van der Waals surface area contributed by atoms with Crippen molar-refractivity contribution in [2.75, 3.05) is 16.8 Å². The maximum atomic E-state index is 12.5. The lowest BCUT2D eigenvalue weighted by atomic mass is 10.1. The monoisotopic (exact) mass is 324 g/mol. The lowest BCUT2D eigenvalue weighted by Crippen LogP contribution is -2.38. The van der Waals surface area contributed by atoms with Crippen LogP contribution in [0, 0.1) is 6.92 Å². The van der Waals surface area contributed by atoms with Crippen molar-refractivity contribution in [1.82, 2.24) is 0 Å². The van der Waals surface area contributed by atoms with Gasteiger partial charge in [0.15, 0.2) is 5.78 Å². The SMILES string of the molecule is CC(=O)c1cccc(NC(=O)CN(c2ccccc2C)C(C)C)c1. The Balaban J connectivity index is 2.13. The average molecular weight is 324 g/mol. The van der Waals surface area contributed by atoms with E-state index in [1.807, 2.05) is 31.2 Å². The van der Waals surface area contributed by atoms with Crippen LogP contribution in [0.15, 0.2) is 48.5 Å². The Hall–Kier alpha value is -2.62. The molecule has 0 aliphatic heterocycles. The molecule has 0 aliphatic rings. The van der Waals surface area contributed by atoms with Gasteiger partial charge in [-0.1, -0.05) is 30.3 Å². The minimum Gasteiger partial charge on any atom is -0.360 e. The molecule has 0 radical (unpaired) electrons. The Morgan fingerprint density at radius 1 is 1.08 bits per heavy atom. The number of aryl methyl sites for hydroxylation is 1. The van der Waals surface area contributed by atoms with Gasteiger partial charge in [0.2, 0.25) is 5.91 Å². The highest BCUT2D eigenvalue weighted by atomic mass is 16.2. The van der Waals surface area contributed by atoms with Crippen LogP contribution in [0.5, 0.6) is 0 Å². The summed E-state index contributed by atoms with van der Waals surface area (Å²) in [6, 6.07) is 15.2. The van der Waals surface area contributed by atoms with Crippen LogP contribution >= 0.6 is 0 Å². The van der Waals surface area contributed by atoms with Gasteiger partial charge >= 0.3 is 0 Å². The van der Waals surface area contributed by atoms with Gasteiger partial charge in [-0.15, -0.1) is 0 Å². The first-order valence-electron chi connectivity index (χ1n) is 8.11. The number of benzene rings is 2. The van der Waals surface area contributed by atoms with Crippen molar-refractivity contribution >= 4 is 23.1 Å². The van der Waals surface area contributed by atoms with Crippen molar-refractivity contribution < 1.29 is 9.59 Å². The number of carbonyl (C=O) groups is 2. The second-order valence-electron chi connectivity index (χ2n) is 6.19. The molecule has 1 amide bonds. The number of rotatable bonds is 6. The molecule has 2 aromatic carbocycles. The predicted molar refractivity (Wildman–Crippen MR) is 98.7 cm³/mol. The highest BCUT2D eigenvalue weighted by molar-refractivity contribution is 5.98. The Morgan fingerprint density at radius 2 is 1.79 bits per heavy atom. The van der Waals surface area contributed by atoms with Crippen molar-refractivity contribution in [3.63, 3.8) is 0 Å². The zero-order valence-electron chi connectivity index (χ0n) is 14.7. The van der Waals surface area contributed by atoms with Gasteiger partial charge in [0.05, 0.1) is 6.54 Å². The van der Waals surface area contributed by atoms with Gasteiger partial charge in [-0.25, -0.2) is 0 Å². The smallest absolute Gasteiger partial charge is 0.243 e. The Bertz CT molecular complexity index is 738. The summed E-state index contributed by atoms with van der Waals surface area (Å²) in [5, 5.41) is 2.88. The second kappa shape index (κ2) is 7.77. The summed E-state index contributed by atoms with van der Waals surface area (Å²) in [4.78, 5) is 26.0. The number of amides is 1. The Kier molecular flexibility index (Phi) is 5.74. The molecule has 0 saturated carbocycles. The molecule has 4 nitrogen and oxygen atoms in total. The molecule has 4 heteroatoms. The van der Waals surface area contributed by atoms with Gasteiger partial charge in [-0.05, 0) is 51.5 Å². The molecule has 126 valence electrons. The predicted octanol–water partition coefficient (Wildman–Crippen LogP) is 4.05. The highest BCUT2D eigenvalue weighted by Gasteiger charge is 2.16. The standard InChI is InChI=1S/C20H24N2O2/c1-14(2)22(19-11-6-5-8-15(19)3)13-20(24)21-18-10-7-9-17(12-18)16(4)23/h5-12,14H,13H2,1-4H3,(H,21,24). The summed E-state index contributed by atoms with van der Waals surface area (Å²) in [5.74, 6) is -0.123. The van der Waals surface area contributed by atoms with Gasteiger partial charge in [0.25, 0.3) is 0 Å². The molecule has 2 aromatic rings. The number of Topliss-reactive ketones (excluding diaryl/α,β-unsaturated/α-hetero) is 1. The second-order valence-corrected chi connectivity index (χ2v) is 6.19. The van der Waals surface area contributed by atoms with E-state index in [0.29, 0.717) is 11.3 Å². The molecule has 0 aromatic heterocycles. The lowest BCUT2D eigenvalue weighted by molar-refractivity contribution is -0.115. The maximum absolute atomic E-state index is 12.5. The molecule has 1 N–H and O–H groups in total. The summed E-state index contributed by atoms with van der Waals surface area (Å²) in [6.07, 6.45) is 0. The number of anilines is 2. The molecule has 24 heavy (non-hydrogen) atoms. The van der Waals surface area contributed by atoms with E-state index in [-0.39, 0.29) is 24.3 Å². The van der Waals surface area contributed by atoms with Gasteiger partial charge < -0.3 is 10.2 Å². The van der Waals surface area contributed by atoms with E-state index < -0.39 is 0 Å². The van der Waals surface area contributed by atoms with E-state index >= 15 is 0 Å². The van der Waals surface area contributed by atoms with Crippen LogP contribution in [-0.2, 0) is 4.79 Å². The zero-order chi connectivity index (χ0) is 17.7. The molecule has 0 bridgehead atoms. The maximum Gasteiger partial charge on any atom is 0.243 e. The molecule has 0 fully saturated rings. The molecule has 0 unspecified atom stereocenters. The molecule has 2 rings (SSSR count). The summed E-state index contributed by atoms with van der Waals surface area (Å²) in [7, 11) is 0. The van der Waals surface area contributed by atoms with E-state index in [2.05, 4.69) is 24.1 Å². The average Bonchev–Trinajstić information content (AvgIpc) is 2.53. The summed E-state index contributed by atoms with van der Waals surface area (Å²) >= 11 is 0. The molecule has 0 heterocycles. The minimum atomic E-state index is -0.104. The van der Waals surface area contributed by atoms with E-state index in [9.17, 15) is 9.59 Å². The number of hydrogen-bond donors (Lipinski definition) is 1. The van der Waals surface area contributed by atoms with Crippen molar-refractivity contribution in [2.45, 2.75) is 33.7 Å². The molecular weight excluding hydrogens is 300 g/mol. The van der Waals surface area contributed by atoms with Crippen LogP contribution in [0.3, 0.4) is 0 Å². The number of para-hydroxylation sites is 1. The fourth-order valence-electron chi connectivity index (χ4n) is 2.60. The van der Waals surface area contributed by atoms with Gasteiger partial charge in [0.1, 0.15) is 0 Å². The van der Waals surface area contributed by atoms with Crippen molar-refractivity contribution in [1.29, 1.82) is 0 Å². The van der Waals surface area contributed by atoms with Gasteiger partial charge in [-0.3, -0.25) is 9.59 Å². The molecule has 0 spiro atoms. The van der Waals surface area contributed by atoms with Crippen LogP contribution in [0.1, 0.15) is 36.7 Å². The van der Waals surface area contributed by atoms with Crippen LogP contribution in [0.25, 0.3) is 0 Å². The highest BCUT2D eigenvalue weighted by Crippen LogP contribution is 2.21. The minimum absolute atomic E-state index is 0.0187. The third-order valence-corrected chi connectivity index (χ3v) is 3.92. The normalized spacial score (nSPS) is 10.5. The first kappa shape index (κ1) is 17.7. The molecule has 0 saturated heterocycles. The first-order valence-corrected chi connectivity index (χ1v) is 8.11. The molecule has 0 atom stereocenters. The zero-order valence-corrected chi connectivity index (χ0v) is 14.7. The number of carbonyl (C=O) groups excluding carboxylic acids is 2. The Morgan fingerprint density at radius 3 is 2.42 bits per heavy atom. The Labute approximate surface area is 143 Å². The van der Waals surface area contributed by atoms with E-state index in [4.69, 9.17) is 0 Å². The first-order chi connectivity index (χ1) is 11.4. The quantitative estimate of drug-likeness (QED) is 0.816. The van der Waals surface area contributed by atoms with Crippen LogP contribution < -0.4 is 10.2 Å². The topological polar surface area (TPSA) is 49.4 Å². The third-order valence-electron chi connectivity index (χ3n) is 3.92. The van der Waals surface area contributed by atoms with Crippen molar-refractivity contribution in [3.05, 3.63) is 59.7 Å². The van der Waals surface area contributed by atoms with Gasteiger partial charge in [-0.2, -0.15) is 0 Å². The van der Waals surface area contributed by atoms with E-state index in [1.165, 1.54) is 6.92 Å². The van der Waals surface area contributed by atoms with E-state index in [0.717, 1.165) is 11.3 Å². The summed E-state index contributed by atoms with van der Waals surface area (Å²) < 4.78 is 0. The number of nitrogens with zero attached hydrogens (tertiary/aromatic N) is 1. The summed E-state index contributed by atoms with van der Waals surface area (Å²) in [6.45, 7) is 7.94. The number of nitrogens with one attached hydrogen (secondary N) is 1. The molecule has 0 aliphatic carbocycles. The van der Waals surface area contributed by atoms with Gasteiger partial charge in [0, 0.05) is 23.0 Å². The molecular formula is C20H24N2O2. The largest absolute Gasteiger partial charge is 0.360 e. The lowest BCUT2D eigenvalue weighted by Gasteiger charge is -2.29. The summed E-state index contributed by atoms with van der Waals surface area (Å²) in [5.41, 5.74) is 3.42. The number of hydrogen-bond acceptors (Lipinski definition) is 3. The fraction of sp³-hybridized carbons (Fsp3) is 0.300. The fourth-order valence-corrected chi connectivity index (χ4v) is 2.60. The van der Waals surface area contributed by atoms with Crippen molar-refractivity contribution in [3.8, 4) is 0 Å². The van der Waals surface area contributed by atoms with Crippen LogP contribution in [-0.4, -0.2) is 24.3 Å². The van der Waals surface area contributed by atoms with Crippen LogP contribution in [0.4, 0.5) is 11.4 Å². The number of ketones is 1. The van der Waals surface area contributed by atoms with Crippen LogP contribution in [0.2, 0.25) is 0 Å².